The Hall–Kier alpha value is -1.10. The molecular weight excluding hydrogens is 256 g/mol. The molecule has 1 aliphatic rings. The number of rotatable bonds is 7. The Morgan fingerprint density at radius 3 is 2.35 bits per heavy atom. The van der Waals surface area contributed by atoms with Crippen molar-refractivity contribution in [1.29, 1.82) is 0 Å². The van der Waals surface area contributed by atoms with Gasteiger partial charge in [0.15, 0.2) is 0 Å². The van der Waals surface area contributed by atoms with Crippen LogP contribution in [-0.4, -0.2) is 49.6 Å². The summed E-state index contributed by atoms with van der Waals surface area (Å²) in [6, 6.07) is 0.312. The maximum absolute atomic E-state index is 12.1. The third-order valence-electron chi connectivity index (χ3n) is 3.71. The predicted molar refractivity (Wildman–Crippen MR) is 78.4 cm³/mol. The van der Waals surface area contributed by atoms with Gasteiger partial charge >= 0.3 is 5.97 Å². The van der Waals surface area contributed by atoms with Crippen LogP contribution in [0.2, 0.25) is 0 Å². The Kier molecular flexibility index (Phi) is 8.26. The third kappa shape index (κ3) is 6.89. The monoisotopic (exact) mass is 284 g/mol. The number of hydrogen-bond donors (Lipinski definition) is 1. The summed E-state index contributed by atoms with van der Waals surface area (Å²) in [5.74, 6) is -0.269. The molecule has 1 N–H and O–H groups in total. The second-order valence-corrected chi connectivity index (χ2v) is 5.54. The average Bonchev–Trinajstić information content (AvgIpc) is 2.67. The molecule has 5 nitrogen and oxygen atoms in total. The van der Waals surface area contributed by atoms with Crippen LogP contribution in [0.3, 0.4) is 0 Å². The fourth-order valence-electron chi connectivity index (χ4n) is 2.68. The van der Waals surface area contributed by atoms with E-state index in [2.05, 4.69) is 10.1 Å². The van der Waals surface area contributed by atoms with E-state index < -0.39 is 0 Å². The Labute approximate surface area is 122 Å². The summed E-state index contributed by atoms with van der Waals surface area (Å²) in [7, 11) is 1.37. The largest absolute Gasteiger partial charge is 0.468 e. The molecule has 1 aliphatic carbocycles. The van der Waals surface area contributed by atoms with Crippen LogP contribution in [0.15, 0.2) is 0 Å². The van der Waals surface area contributed by atoms with Gasteiger partial charge in [-0.2, -0.15) is 0 Å². The molecule has 5 heteroatoms. The number of esters is 1. The lowest BCUT2D eigenvalue weighted by Crippen LogP contribution is -2.43. The van der Waals surface area contributed by atoms with E-state index in [1.54, 1.807) is 0 Å². The number of methoxy groups -OCH3 is 1. The standard InChI is InChI=1S/C15H28N2O3/c1-3-10-17(12-15(19)20-2)11-14(18)16-13-8-6-4-5-7-9-13/h13H,3-12H2,1-2H3,(H,16,18). The Balaban J connectivity index is 2.37. The molecule has 0 atom stereocenters. The number of nitrogens with one attached hydrogen (secondary N) is 1. The van der Waals surface area contributed by atoms with Crippen molar-refractivity contribution in [1.82, 2.24) is 10.2 Å². The van der Waals surface area contributed by atoms with Crippen molar-refractivity contribution in [2.45, 2.75) is 57.9 Å². The van der Waals surface area contributed by atoms with E-state index in [4.69, 9.17) is 0 Å². The molecule has 1 fully saturated rings. The lowest BCUT2D eigenvalue weighted by atomic mass is 10.1. The number of carbonyl (C=O) groups is 2. The van der Waals surface area contributed by atoms with Crippen molar-refractivity contribution in [3.05, 3.63) is 0 Å². The van der Waals surface area contributed by atoms with Crippen molar-refractivity contribution in [3.8, 4) is 0 Å². The Morgan fingerprint density at radius 2 is 1.80 bits per heavy atom. The van der Waals surface area contributed by atoms with Crippen LogP contribution in [0.5, 0.6) is 0 Å². The normalized spacial score (nSPS) is 16.8. The number of carbonyl (C=O) groups excluding carboxylic acids is 2. The van der Waals surface area contributed by atoms with Gasteiger partial charge in [-0.25, -0.2) is 0 Å². The topological polar surface area (TPSA) is 58.6 Å². The highest BCUT2D eigenvalue weighted by molar-refractivity contribution is 5.79. The second-order valence-electron chi connectivity index (χ2n) is 5.54. The Bertz CT molecular complexity index is 299. The molecule has 1 rings (SSSR count). The molecular formula is C15H28N2O3. The second kappa shape index (κ2) is 9.75. The van der Waals surface area contributed by atoms with Gasteiger partial charge in [0.25, 0.3) is 0 Å². The van der Waals surface area contributed by atoms with E-state index in [9.17, 15) is 9.59 Å². The van der Waals surface area contributed by atoms with Gasteiger partial charge < -0.3 is 10.1 Å². The molecule has 0 heterocycles. The lowest BCUT2D eigenvalue weighted by Gasteiger charge is -2.22. The molecule has 0 radical (unpaired) electrons. The highest BCUT2D eigenvalue weighted by Gasteiger charge is 2.18. The molecule has 0 spiro atoms. The minimum Gasteiger partial charge on any atom is -0.468 e. The quantitative estimate of drug-likeness (QED) is 0.571. The highest BCUT2D eigenvalue weighted by atomic mass is 16.5. The van der Waals surface area contributed by atoms with Crippen LogP contribution in [-0.2, 0) is 14.3 Å². The Morgan fingerprint density at radius 1 is 1.15 bits per heavy atom. The van der Waals surface area contributed by atoms with Gasteiger partial charge in [-0.15, -0.1) is 0 Å². The van der Waals surface area contributed by atoms with Gasteiger partial charge in [0.2, 0.25) is 5.91 Å². The first-order valence-corrected chi connectivity index (χ1v) is 7.74. The SMILES string of the molecule is CCCN(CC(=O)NC1CCCCCC1)CC(=O)OC. The molecule has 116 valence electrons. The van der Waals surface area contributed by atoms with Crippen LogP contribution < -0.4 is 5.32 Å². The van der Waals surface area contributed by atoms with E-state index >= 15 is 0 Å². The molecule has 0 bridgehead atoms. The van der Waals surface area contributed by atoms with Gasteiger partial charge in [-0.1, -0.05) is 32.6 Å². The molecule has 0 unspecified atom stereocenters. The van der Waals surface area contributed by atoms with Gasteiger partial charge in [0.05, 0.1) is 20.2 Å². The summed E-state index contributed by atoms with van der Waals surface area (Å²) in [6.45, 7) is 3.22. The van der Waals surface area contributed by atoms with Crippen LogP contribution in [0.25, 0.3) is 0 Å². The molecule has 20 heavy (non-hydrogen) atoms. The van der Waals surface area contributed by atoms with Crippen LogP contribution in [0.1, 0.15) is 51.9 Å². The van der Waals surface area contributed by atoms with E-state index in [0.29, 0.717) is 6.04 Å². The fourth-order valence-corrected chi connectivity index (χ4v) is 2.68. The molecule has 0 aromatic carbocycles. The van der Waals surface area contributed by atoms with Crippen molar-refractivity contribution in [3.63, 3.8) is 0 Å². The van der Waals surface area contributed by atoms with Crippen LogP contribution in [0.4, 0.5) is 0 Å². The van der Waals surface area contributed by atoms with E-state index in [1.165, 1.54) is 32.8 Å². The third-order valence-corrected chi connectivity index (χ3v) is 3.71. The van der Waals surface area contributed by atoms with Gasteiger partial charge in [-0.05, 0) is 25.8 Å². The lowest BCUT2D eigenvalue weighted by molar-refractivity contribution is -0.142. The van der Waals surface area contributed by atoms with E-state index in [0.717, 1.165) is 25.8 Å². The summed E-state index contributed by atoms with van der Waals surface area (Å²) in [5, 5.41) is 3.11. The number of nitrogens with zero attached hydrogens (tertiary/aromatic N) is 1. The van der Waals surface area contributed by atoms with Crippen molar-refractivity contribution >= 4 is 11.9 Å². The van der Waals surface area contributed by atoms with E-state index in [1.807, 2.05) is 11.8 Å². The molecule has 0 aromatic heterocycles. The van der Waals surface area contributed by atoms with Gasteiger partial charge in [0, 0.05) is 6.04 Å². The van der Waals surface area contributed by atoms with Gasteiger partial charge in [0.1, 0.15) is 0 Å². The fraction of sp³-hybridized carbons (Fsp3) is 0.867. The first-order chi connectivity index (χ1) is 9.65. The summed E-state index contributed by atoms with van der Waals surface area (Å²) in [4.78, 5) is 25.2. The summed E-state index contributed by atoms with van der Waals surface area (Å²) < 4.78 is 4.66. The van der Waals surface area contributed by atoms with Crippen molar-refractivity contribution in [2.75, 3.05) is 26.7 Å². The van der Waals surface area contributed by atoms with Crippen molar-refractivity contribution < 1.29 is 14.3 Å². The minimum atomic E-state index is -0.291. The number of ether oxygens (including phenoxy) is 1. The summed E-state index contributed by atoms with van der Waals surface area (Å²) >= 11 is 0. The maximum Gasteiger partial charge on any atom is 0.319 e. The number of hydrogen-bond acceptors (Lipinski definition) is 4. The molecule has 0 saturated heterocycles. The minimum absolute atomic E-state index is 0.0225. The number of amides is 1. The van der Waals surface area contributed by atoms with Crippen LogP contribution >= 0.6 is 0 Å². The molecule has 0 aromatic rings. The maximum atomic E-state index is 12.1. The average molecular weight is 284 g/mol. The zero-order valence-electron chi connectivity index (χ0n) is 12.8. The summed E-state index contributed by atoms with van der Waals surface area (Å²) in [6.07, 6.45) is 8.02. The molecule has 1 saturated carbocycles. The first kappa shape index (κ1) is 17.0. The van der Waals surface area contributed by atoms with Crippen molar-refractivity contribution in [2.24, 2.45) is 0 Å². The van der Waals surface area contributed by atoms with Gasteiger partial charge in [-0.3, -0.25) is 14.5 Å². The summed E-state index contributed by atoms with van der Waals surface area (Å²) in [5.41, 5.74) is 0. The molecule has 0 aliphatic heterocycles. The first-order valence-electron chi connectivity index (χ1n) is 7.74. The van der Waals surface area contributed by atoms with Crippen LogP contribution in [0, 0.1) is 0 Å². The molecule has 1 amide bonds. The smallest absolute Gasteiger partial charge is 0.319 e. The highest BCUT2D eigenvalue weighted by Crippen LogP contribution is 2.17. The zero-order chi connectivity index (χ0) is 14.8. The van der Waals surface area contributed by atoms with E-state index in [-0.39, 0.29) is 25.0 Å². The zero-order valence-corrected chi connectivity index (χ0v) is 12.8. The predicted octanol–water partition coefficient (Wildman–Crippen LogP) is 1.71.